The Morgan fingerprint density at radius 1 is 1.24 bits per heavy atom. The van der Waals surface area contributed by atoms with Crippen LogP contribution in [0.15, 0.2) is 24.5 Å². The lowest BCUT2D eigenvalue weighted by molar-refractivity contribution is -0.154. The van der Waals surface area contributed by atoms with Crippen LogP contribution in [0, 0.1) is 6.92 Å². The van der Waals surface area contributed by atoms with E-state index in [2.05, 4.69) is 20.6 Å². The molecule has 2 N–H and O–H groups in total. The average molecular weight is 362 g/mol. The zero-order valence-electron chi connectivity index (χ0n) is 14.8. The molecule has 0 bridgehead atoms. The van der Waals surface area contributed by atoms with Crippen LogP contribution in [0.25, 0.3) is 10.4 Å². The fraction of sp³-hybridized carbons (Fsp3) is 0.412. The molecule has 0 aliphatic rings. The molecule has 0 aliphatic carbocycles. The second-order valence-corrected chi connectivity index (χ2v) is 7.39. The van der Waals surface area contributed by atoms with Gasteiger partial charge in [-0.15, -0.1) is 0 Å². The summed E-state index contributed by atoms with van der Waals surface area (Å²) in [6.45, 7) is 7.49. The second-order valence-electron chi connectivity index (χ2n) is 6.39. The maximum absolute atomic E-state index is 11.9. The zero-order chi connectivity index (χ0) is 18.4. The Bertz CT molecular complexity index is 738. The zero-order valence-corrected chi connectivity index (χ0v) is 15.6. The van der Waals surface area contributed by atoms with E-state index in [9.17, 15) is 9.59 Å². The molecular formula is C17H22N4O3S. The first-order chi connectivity index (χ1) is 11.7. The maximum atomic E-state index is 11.9. The summed E-state index contributed by atoms with van der Waals surface area (Å²) in [4.78, 5) is 32.8. The van der Waals surface area contributed by atoms with E-state index in [4.69, 9.17) is 4.74 Å². The summed E-state index contributed by atoms with van der Waals surface area (Å²) in [5.41, 5.74) is 1.31. The molecule has 0 aliphatic heterocycles. The molecule has 2 heterocycles. The highest BCUT2D eigenvalue weighted by Crippen LogP contribution is 2.32. The summed E-state index contributed by atoms with van der Waals surface area (Å²) in [5, 5.41) is 5.81. The van der Waals surface area contributed by atoms with Crippen molar-refractivity contribution in [2.45, 2.75) is 39.7 Å². The van der Waals surface area contributed by atoms with Crippen molar-refractivity contribution in [2.24, 2.45) is 0 Å². The summed E-state index contributed by atoms with van der Waals surface area (Å²) in [7, 11) is 0. The van der Waals surface area contributed by atoms with Gasteiger partial charge in [-0.05, 0) is 45.4 Å². The van der Waals surface area contributed by atoms with Gasteiger partial charge in [0.05, 0.1) is 17.0 Å². The second kappa shape index (κ2) is 8.06. The number of pyridine rings is 1. The van der Waals surface area contributed by atoms with Gasteiger partial charge in [0.2, 0.25) is 0 Å². The predicted molar refractivity (Wildman–Crippen MR) is 97.6 cm³/mol. The number of urea groups is 1. The van der Waals surface area contributed by atoms with Gasteiger partial charge in [-0.25, -0.2) is 9.78 Å². The number of carbonyl (C=O) groups is 2. The number of rotatable bonds is 5. The monoisotopic (exact) mass is 362 g/mol. The Hall–Kier alpha value is -2.48. The molecule has 2 aromatic heterocycles. The number of amides is 2. The molecule has 25 heavy (non-hydrogen) atoms. The van der Waals surface area contributed by atoms with Crippen LogP contribution < -0.4 is 10.6 Å². The van der Waals surface area contributed by atoms with E-state index < -0.39 is 11.6 Å². The van der Waals surface area contributed by atoms with Crippen molar-refractivity contribution in [3.63, 3.8) is 0 Å². The number of anilines is 1. The number of nitrogens with one attached hydrogen (secondary N) is 2. The first-order valence-corrected chi connectivity index (χ1v) is 8.71. The molecule has 134 valence electrons. The average Bonchev–Trinajstić information content (AvgIpc) is 2.86. The Morgan fingerprint density at radius 3 is 2.56 bits per heavy atom. The van der Waals surface area contributed by atoms with Gasteiger partial charge < -0.3 is 10.1 Å². The summed E-state index contributed by atoms with van der Waals surface area (Å²) >= 11 is 1.39. The molecule has 2 aromatic rings. The number of hydrogen-bond acceptors (Lipinski definition) is 6. The minimum Gasteiger partial charge on any atom is -0.460 e. The molecule has 0 saturated heterocycles. The quantitative estimate of drug-likeness (QED) is 0.796. The van der Waals surface area contributed by atoms with E-state index in [-0.39, 0.29) is 18.9 Å². The molecule has 7 nitrogen and oxygen atoms in total. The van der Waals surface area contributed by atoms with E-state index in [0.29, 0.717) is 5.13 Å². The molecule has 0 fully saturated rings. The number of ether oxygens (including phenoxy) is 1. The summed E-state index contributed by atoms with van der Waals surface area (Å²) in [5.74, 6) is -0.349. The lowest BCUT2D eigenvalue weighted by Gasteiger charge is -2.19. The van der Waals surface area contributed by atoms with Crippen LogP contribution in [0.1, 0.15) is 32.9 Å². The summed E-state index contributed by atoms with van der Waals surface area (Å²) in [6.07, 6.45) is 3.54. The van der Waals surface area contributed by atoms with Crippen LogP contribution >= 0.6 is 11.3 Å². The van der Waals surface area contributed by atoms with E-state index >= 15 is 0 Å². The molecule has 0 unspecified atom stereocenters. The summed E-state index contributed by atoms with van der Waals surface area (Å²) in [6, 6.07) is 3.38. The molecule has 0 atom stereocenters. The van der Waals surface area contributed by atoms with E-state index in [1.165, 1.54) is 11.3 Å². The molecule has 0 spiro atoms. The van der Waals surface area contributed by atoms with Crippen LogP contribution in [-0.4, -0.2) is 34.1 Å². The van der Waals surface area contributed by atoms with Crippen molar-refractivity contribution in [2.75, 3.05) is 11.9 Å². The third-order valence-electron chi connectivity index (χ3n) is 2.99. The Morgan fingerprint density at radius 2 is 1.92 bits per heavy atom. The van der Waals surface area contributed by atoms with Gasteiger partial charge in [0, 0.05) is 18.9 Å². The van der Waals surface area contributed by atoms with Crippen LogP contribution in [0.3, 0.4) is 0 Å². The third-order valence-corrected chi connectivity index (χ3v) is 4.12. The lowest BCUT2D eigenvalue weighted by atomic mass is 10.2. The number of esters is 1. The number of hydrogen-bond donors (Lipinski definition) is 2. The Balaban J connectivity index is 1.84. The lowest BCUT2D eigenvalue weighted by Crippen LogP contribution is -2.32. The number of nitrogens with zero attached hydrogens (tertiary/aromatic N) is 2. The van der Waals surface area contributed by atoms with E-state index in [1.54, 1.807) is 33.2 Å². The molecule has 2 amide bonds. The molecule has 2 rings (SSSR count). The molecule has 8 heteroatoms. The minimum absolute atomic E-state index is 0.115. The van der Waals surface area contributed by atoms with Crippen molar-refractivity contribution in [1.29, 1.82) is 0 Å². The normalized spacial score (nSPS) is 11.0. The molecule has 0 aromatic carbocycles. The third kappa shape index (κ3) is 6.15. The minimum atomic E-state index is -0.527. The van der Waals surface area contributed by atoms with E-state index in [0.717, 1.165) is 16.1 Å². The fourth-order valence-corrected chi connectivity index (χ4v) is 3.00. The SMILES string of the molecule is Cc1nc(NC(=O)NCCC(=O)OC(C)(C)C)sc1-c1ccncc1. The van der Waals surface area contributed by atoms with Crippen LogP contribution in [-0.2, 0) is 9.53 Å². The number of thiazole rings is 1. The predicted octanol–water partition coefficient (Wildman–Crippen LogP) is 3.37. The maximum Gasteiger partial charge on any atom is 0.321 e. The molecule has 0 radical (unpaired) electrons. The molecule has 0 saturated carbocycles. The topological polar surface area (TPSA) is 93.2 Å². The fourth-order valence-electron chi connectivity index (χ4n) is 2.03. The Labute approximate surface area is 150 Å². The van der Waals surface area contributed by atoms with Crippen molar-refractivity contribution >= 4 is 28.5 Å². The van der Waals surface area contributed by atoms with Gasteiger partial charge in [0.1, 0.15) is 5.60 Å². The first-order valence-electron chi connectivity index (χ1n) is 7.89. The smallest absolute Gasteiger partial charge is 0.321 e. The van der Waals surface area contributed by atoms with Crippen LogP contribution in [0.2, 0.25) is 0 Å². The van der Waals surface area contributed by atoms with Gasteiger partial charge in [-0.1, -0.05) is 11.3 Å². The highest BCUT2D eigenvalue weighted by atomic mass is 32.1. The van der Waals surface area contributed by atoms with Crippen molar-refractivity contribution in [1.82, 2.24) is 15.3 Å². The summed E-state index contributed by atoms with van der Waals surface area (Å²) < 4.78 is 5.18. The largest absolute Gasteiger partial charge is 0.460 e. The highest BCUT2D eigenvalue weighted by molar-refractivity contribution is 7.19. The van der Waals surface area contributed by atoms with Gasteiger partial charge >= 0.3 is 12.0 Å². The van der Waals surface area contributed by atoms with Crippen LogP contribution in [0.4, 0.5) is 9.93 Å². The molecular weight excluding hydrogens is 340 g/mol. The highest BCUT2D eigenvalue weighted by Gasteiger charge is 2.16. The van der Waals surface area contributed by atoms with Gasteiger partial charge in [0.25, 0.3) is 0 Å². The van der Waals surface area contributed by atoms with Crippen LogP contribution in [0.5, 0.6) is 0 Å². The van der Waals surface area contributed by atoms with Crippen molar-refractivity contribution < 1.29 is 14.3 Å². The van der Waals surface area contributed by atoms with E-state index in [1.807, 2.05) is 19.1 Å². The Kier molecular flexibility index (Phi) is 6.08. The number of carbonyl (C=O) groups excluding carboxylic acids is 2. The number of aryl methyl sites for hydroxylation is 1. The van der Waals surface area contributed by atoms with Gasteiger partial charge in [-0.2, -0.15) is 0 Å². The standard InChI is InChI=1S/C17H22N4O3S/c1-11-14(12-5-8-18-9-6-12)25-16(20-11)21-15(23)19-10-7-13(22)24-17(2,3)4/h5-6,8-9H,7,10H2,1-4H3,(H2,19,20,21,23). The van der Waals surface area contributed by atoms with Crippen molar-refractivity contribution in [3.8, 4) is 10.4 Å². The van der Waals surface area contributed by atoms with Gasteiger partial charge in [-0.3, -0.25) is 15.1 Å². The van der Waals surface area contributed by atoms with Crippen molar-refractivity contribution in [3.05, 3.63) is 30.2 Å². The van der Waals surface area contributed by atoms with Gasteiger partial charge in [0.15, 0.2) is 5.13 Å². The first kappa shape index (κ1) is 18.9. The number of aromatic nitrogens is 2.